The van der Waals surface area contributed by atoms with E-state index in [2.05, 4.69) is 35.1 Å². The summed E-state index contributed by atoms with van der Waals surface area (Å²) in [4.78, 5) is 0. The van der Waals surface area contributed by atoms with Crippen molar-refractivity contribution in [2.45, 2.75) is 20.3 Å². The number of hydrogen-bond donors (Lipinski definition) is 2. The minimum atomic E-state index is 0.129. The van der Waals surface area contributed by atoms with Crippen LogP contribution in [-0.4, -0.2) is 31.4 Å². The maximum Gasteiger partial charge on any atom is 0.120 e. The van der Waals surface area contributed by atoms with Crippen LogP contribution >= 0.6 is 15.9 Å². The fourth-order valence-corrected chi connectivity index (χ4v) is 1.99. The molecule has 0 saturated heterocycles. The summed E-state index contributed by atoms with van der Waals surface area (Å²) in [6.45, 7) is 6.86. The lowest BCUT2D eigenvalue weighted by Gasteiger charge is -2.23. The van der Waals surface area contributed by atoms with Gasteiger partial charge < -0.3 is 15.2 Å². The Morgan fingerprint density at radius 2 is 2.17 bits per heavy atom. The third-order valence-electron chi connectivity index (χ3n) is 2.74. The monoisotopic (exact) mass is 315 g/mol. The molecule has 1 aromatic carbocycles. The van der Waals surface area contributed by atoms with Gasteiger partial charge in [0.1, 0.15) is 12.4 Å². The fourth-order valence-electron chi connectivity index (χ4n) is 1.62. The smallest absolute Gasteiger partial charge is 0.120 e. The Labute approximate surface area is 118 Å². The number of benzene rings is 1. The maximum absolute atomic E-state index is 8.92. The highest BCUT2D eigenvalue weighted by molar-refractivity contribution is 9.10. The molecule has 0 spiro atoms. The van der Waals surface area contributed by atoms with E-state index in [1.807, 2.05) is 24.3 Å². The maximum atomic E-state index is 8.92. The summed E-state index contributed by atoms with van der Waals surface area (Å²) < 4.78 is 6.64. The van der Waals surface area contributed by atoms with Crippen molar-refractivity contribution in [1.82, 2.24) is 5.32 Å². The van der Waals surface area contributed by atoms with Gasteiger partial charge in [0.2, 0.25) is 0 Å². The average molecular weight is 316 g/mol. The van der Waals surface area contributed by atoms with Gasteiger partial charge in [0.25, 0.3) is 0 Å². The zero-order chi connectivity index (χ0) is 13.4. The molecule has 4 heteroatoms. The molecular weight excluding hydrogens is 294 g/mol. The highest BCUT2D eigenvalue weighted by Crippen LogP contribution is 2.18. The van der Waals surface area contributed by atoms with Crippen molar-refractivity contribution in [3.8, 4) is 5.75 Å². The molecule has 18 heavy (non-hydrogen) atoms. The van der Waals surface area contributed by atoms with E-state index in [0.717, 1.165) is 29.7 Å². The van der Waals surface area contributed by atoms with Crippen LogP contribution in [0.15, 0.2) is 28.7 Å². The quantitative estimate of drug-likeness (QED) is 0.725. The van der Waals surface area contributed by atoms with E-state index in [-0.39, 0.29) is 12.0 Å². The Morgan fingerprint density at radius 3 is 2.83 bits per heavy atom. The number of aliphatic hydroxyl groups is 1. The van der Waals surface area contributed by atoms with Crippen LogP contribution in [0, 0.1) is 5.41 Å². The Hall–Kier alpha value is -0.580. The zero-order valence-electron chi connectivity index (χ0n) is 11.1. The second-order valence-corrected chi connectivity index (χ2v) is 6.04. The van der Waals surface area contributed by atoms with E-state index < -0.39 is 0 Å². The first-order chi connectivity index (χ1) is 8.53. The number of halogens is 1. The number of rotatable bonds is 8. The molecule has 0 saturated carbocycles. The zero-order valence-corrected chi connectivity index (χ0v) is 12.7. The van der Waals surface area contributed by atoms with Crippen molar-refractivity contribution in [3.05, 3.63) is 28.7 Å². The molecule has 3 nitrogen and oxygen atoms in total. The molecule has 0 aliphatic rings. The fraction of sp³-hybridized carbons (Fsp3) is 0.571. The molecule has 0 aliphatic carbocycles. The molecule has 0 atom stereocenters. The summed E-state index contributed by atoms with van der Waals surface area (Å²) in [6.07, 6.45) is 0.812. The molecule has 0 heterocycles. The van der Waals surface area contributed by atoms with Gasteiger partial charge in [-0.2, -0.15) is 0 Å². The predicted molar refractivity (Wildman–Crippen MR) is 78.0 cm³/mol. The van der Waals surface area contributed by atoms with Crippen LogP contribution in [0.2, 0.25) is 0 Å². The van der Waals surface area contributed by atoms with Gasteiger partial charge in [0.15, 0.2) is 0 Å². The molecule has 0 amide bonds. The molecule has 1 rings (SSSR count). The van der Waals surface area contributed by atoms with Crippen molar-refractivity contribution >= 4 is 15.9 Å². The van der Waals surface area contributed by atoms with E-state index in [9.17, 15) is 0 Å². The van der Waals surface area contributed by atoms with Crippen molar-refractivity contribution < 1.29 is 9.84 Å². The number of hydrogen-bond acceptors (Lipinski definition) is 3. The largest absolute Gasteiger partial charge is 0.492 e. The molecule has 2 N–H and O–H groups in total. The Bertz CT molecular complexity index is 355. The van der Waals surface area contributed by atoms with Gasteiger partial charge in [0, 0.05) is 24.2 Å². The summed E-state index contributed by atoms with van der Waals surface area (Å²) in [5.74, 6) is 0.876. The molecule has 1 aromatic rings. The predicted octanol–water partition coefficient (Wildman–Crippen LogP) is 2.83. The second kappa shape index (κ2) is 7.77. The lowest BCUT2D eigenvalue weighted by Crippen LogP contribution is -2.32. The summed E-state index contributed by atoms with van der Waals surface area (Å²) in [5.41, 5.74) is 0.129. The number of aliphatic hydroxyl groups excluding tert-OH is 1. The van der Waals surface area contributed by atoms with Crippen molar-refractivity contribution in [2.24, 2.45) is 5.41 Å². The van der Waals surface area contributed by atoms with Gasteiger partial charge in [0.05, 0.1) is 0 Å². The third-order valence-corrected chi connectivity index (χ3v) is 3.23. The van der Waals surface area contributed by atoms with Crippen molar-refractivity contribution in [3.63, 3.8) is 0 Å². The summed E-state index contributed by atoms with van der Waals surface area (Å²) in [5, 5.41) is 12.3. The second-order valence-electron chi connectivity index (χ2n) is 5.12. The highest BCUT2D eigenvalue weighted by Gasteiger charge is 2.15. The minimum Gasteiger partial charge on any atom is -0.492 e. The standard InChI is InChI=1S/C14H22BrNO2/c1-14(2,6-8-17)11-16-7-9-18-13-5-3-4-12(15)10-13/h3-5,10,16-17H,6-9,11H2,1-2H3. The van der Waals surface area contributed by atoms with E-state index in [4.69, 9.17) is 9.84 Å². The van der Waals surface area contributed by atoms with Crippen molar-refractivity contribution in [2.75, 3.05) is 26.3 Å². The summed E-state index contributed by atoms with van der Waals surface area (Å²) in [7, 11) is 0. The van der Waals surface area contributed by atoms with Crippen LogP contribution in [0.3, 0.4) is 0 Å². The molecular formula is C14H22BrNO2. The Balaban J connectivity index is 2.16. The van der Waals surface area contributed by atoms with Gasteiger partial charge in [-0.25, -0.2) is 0 Å². The Kier molecular flexibility index (Phi) is 6.68. The molecule has 0 fully saturated rings. The normalized spacial score (nSPS) is 11.6. The average Bonchev–Trinajstić information content (AvgIpc) is 2.28. The van der Waals surface area contributed by atoms with Crippen LogP contribution in [0.5, 0.6) is 5.75 Å². The topological polar surface area (TPSA) is 41.5 Å². The van der Waals surface area contributed by atoms with Crippen LogP contribution in [-0.2, 0) is 0 Å². The van der Waals surface area contributed by atoms with Gasteiger partial charge in [-0.15, -0.1) is 0 Å². The lowest BCUT2D eigenvalue weighted by atomic mass is 9.90. The molecule has 102 valence electrons. The van der Waals surface area contributed by atoms with E-state index in [1.54, 1.807) is 0 Å². The molecule has 0 aliphatic heterocycles. The highest BCUT2D eigenvalue weighted by atomic mass is 79.9. The van der Waals surface area contributed by atoms with Gasteiger partial charge >= 0.3 is 0 Å². The van der Waals surface area contributed by atoms with Gasteiger partial charge in [-0.1, -0.05) is 35.8 Å². The Morgan fingerprint density at radius 1 is 1.39 bits per heavy atom. The van der Waals surface area contributed by atoms with E-state index in [0.29, 0.717) is 6.61 Å². The minimum absolute atomic E-state index is 0.129. The lowest BCUT2D eigenvalue weighted by molar-refractivity contribution is 0.204. The number of nitrogens with one attached hydrogen (secondary N) is 1. The first kappa shape index (κ1) is 15.5. The molecule has 0 aromatic heterocycles. The molecule has 0 radical (unpaired) electrons. The summed E-state index contributed by atoms with van der Waals surface area (Å²) in [6, 6.07) is 7.83. The third kappa shape index (κ3) is 6.38. The first-order valence-electron chi connectivity index (χ1n) is 6.23. The van der Waals surface area contributed by atoms with Gasteiger partial charge in [-0.3, -0.25) is 0 Å². The van der Waals surface area contributed by atoms with Crippen LogP contribution in [0.4, 0.5) is 0 Å². The van der Waals surface area contributed by atoms with E-state index >= 15 is 0 Å². The number of ether oxygens (including phenoxy) is 1. The summed E-state index contributed by atoms with van der Waals surface area (Å²) >= 11 is 3.41. The van der Waals surface area contributed by atoms with Crippen molar-refractivity contribution in [1.29, 1.82) is 0 Å². The molecule has 0 unspecified atom stereocenters. The SMILES string of the molecule is CC(C)(CCO)CNCCOc1cccc(Br)c1. The van der Waals surface area contributed by atoms with E-state index in [1.165, 1.54) is 0 Å². The van der Waals surface area contributed by atoms with Crippen LogP contribution in [0.1, 0.15) is 20.3 Å². The van der Waals surface area contributed by atoms with Gasteiger partial charge in [-0.05, 0) is 30.0 Å². The van der Waals surface area contributed by atoms with Crippen LogP contribution in [0.25, 0.3) is 0 Å². The first-order valence-corrected chi connectivity index (χ1v) is 7.03. The van der Waals surface area contributed by atoms with Crippen LogP contribution < -0.4 is 10.1 Å². The molecule has 0 bridgehead atoms.